The van der Waals surface area contributed by atoms with Crippen LogP contribution in [0, 0.1) is 0 Å². The maximum absolute atomic E-state index is 12.1. The van der Waals surface area contributed by atoms with E-state index in [9.17, 15) is 9.59 Å². The highest BCUT2D eigenvalue weighted by atomic mass is 16.5. The third-order valence-electron chi connectivity index (χ3n) is 3.18. The molecule has 2 heterocycles. The Bertz CT molecular complexity index is 662. The summed E-state index contributed by atoms with van der Waals surface area (Å²) in [5.74, 6) is -0.200. The first-order chi connectivity index (χ1) is 10.1. The number of likely N-dealkylation sites (N-methyl/N-ethyl adjacent to an activating group) is 1. The number of ether oxygens (including phenoxy) is 1. The van der Waals surface area contributed by atoms with E-state index in [0.29, 0.717) is 38.3 Å². The zero-order valence-corrected chi connectivity index (χ0v) is 12.4. The van der Waals surface area contributed by atoms with Gasteiger partial charge in [0.05, 0.1) is 19.6 Å². The number of aromatic nitrogens is 3. The van der Waals surface area contributed by atoms with Crippen LogP contribution in [0.25, 0.3) is 5.65 Å². The molecule has 0 fully saturated rings. The second-order valence-electron chi connectivity index (χ2n) is 4.79. The summed E-state index contributed by atoms with van der Waals surface area (Å²) in [5, 5.41) is 4.26. The fraction of sp³-hybridized carbons (Fsp3) is 0.500. The van der Waals surface area contributed by atoms with Crippen molar-refractivity contribution >= 4 is 11.6 Å². The number of carbonyl (C=O) groups is 1. The molecule has 0 unspecified atom stereocenters. The number of rotatable bonds is 7. The quantitative estimate of drug-likeness (QED) is 0.690. The third kappa shape index (κ3) is 3.91. The second-order valence-corrected chi connectivity index (χ2v) is 4.79. The maximum atomic E-state index is 12.1. The molecule has 0 atom stereocenters. The summed E-state index contributed by atoms with van der Waals surface area (Å²) in [6, 6.07) is 5.44. The maximum Gasteiger partial charge on any atom is 0.350 e. The van der Waals surface area contributed by atoms with Crippen molar-refractivity contribution in [3.8, 4) is 0 Å². The highest BCUT2D eigenvalue weighted by Crippen LogP contribution is 1.96. The van der Waals surface area contributed by atoms with Crippen molar-refractivity contribution in [2.75, 3.05) is 26.7 Å². The van der Waals surface area contributed by atoms with Gasteiger partial charge in [0.2, 0.25) is 0 Å². The van der Waals surface area contributed by atoms with Crippen molar-refractivity contribution in [3.05, 3.63) is 34.9 Å². The van der Waals surface area contributed by atoms with E-state index in [-0.39, 0.29) is 11.7 Å². The van der Waals surface area contributed by atoms with Crippen molar-refractivity contribution < 1.29 is 9.53 Å². The van der Waals surface area contributed by atoms with Crippen molar-refractivity contribution in [2.45, 2.75) is 19.9 Å². The van der Waals surface area contributed by atoms with Gasteiger partial charge in [-0.15, -0.1) is 5.10 Å². The Balaban J connectivity index is 1.88. The summed E-state index contributed by atoms with van der Waals surface area (Å²) >= 11 is 0. The van der Waals surface area contributed by atoms with Gasteiger partial charge in [-0.2, -0.15) is 0 Å². The van der Waals surface area contributed by atoms with Gasteiger partial charge in [-0.3, -0.25) is 9.20 Å². The SMILES string of the molecule is CCOC(=O)CCN(C)CCn1nc2ccccn2c1=O. The van der Waals surface area contributed by atoms with Gasteiger partial charge in [0, 0.05) is 19.3 Å². The molecule has 0 aliphatic carbocycles. The summed E-state index contributed by atoms with van der Waals surface area (Å²) in [4.78, 5) is 25.3. The van der Waals surface area contributed by atoms with Crippen LogP contribution in [0.2, 0.25) is 0 Å². The molecule has 0 aliphatic heterocycles. The predicted octanol–water partition coefficient (Wildman–Crippen LogP) is 0.381. The lowest BCUT2D eigenvalue weighted by molar-refractivity contribution is -0.143. The van der Waals surface area contributed by atoms with Crippen molar-refractivity contribution in [1.82, 2.24) is 19.1 Å². The summed E-state index contributed by atoms with van der Waals surface area (Å²) in [5.41, 5.74) is 0.487. The van der Waals surface area contributed by atoms with Crippen LogP contribution in [0.5, 0.6) is 0 Å². The highest BCUT2D eigenvalue weighted by molar-refractivity contribution is 5.69. The summed E-state index contributed by atoms with van der Waals surface area (Å²) in [6.07, 6.45) is 2.05. The number of hydrogen-bond donors (Lipinski definition) is 0. The number of nitrogens with zero attached hydrogens (tertiary/aromatic N) is 4. The molecule has 2 rings (SSSR count). The van der Waals surface area contributed by atoms with E-state index in [1.54, 1.807) is 25.3 Å². The van der Waals surface area contributed by atoms with Crippen LogP contribution in [0.15, 0.2) is 29.2 Å². The largest absolute Gasteiger partial charge is 0.466 e. The summed E-state index contributed by atoms with van der Waals surface area (Å²) in [7, 11) is 1.90. The zero-order valence-electron chi connectivity index (χ0n) is 12.4. The van der Waals surface area contributed by atoms with Gasteiger partial charge >= 0.3 is 11.7 Å². The molecule has 114 valence electrons. The van der Waals surface area contributed by atoms with E-state index in [1.165, 1.54) is 9.08 Å². The minimum atomic E-state index is -0.200. The highest BCUT2D eigenvalue weighted by Gasteiger charge is 2.08. The molecule has 2 aromatic heterocycles. The lowest BCUT2D eigenvalue weighted by Crippen LogP contribution is -2.30. The van der Waals surface area contributed by atoms with Gasteiger partial charge in [-0.05, 0) is 26.1 Å². The van der Waals surface area contributed by atoms with Gasteiger partial charge in [0.15, 0.2) is 5.65 Å². The van der Waals surface area contributed by atoms with Crippen molar-refractivity contribution in [1.29, 1.82) is 0 Å². The molecule has 0 radical (unpaired) electrons. The van der Waals surface area contributed by atoms with Gasteiger partial charge in [0.1, 0.15) is 0 Å². The number of pyridine rings is 1. The van der Waals surface area contributed by atoms with Gasteiger partial charge in [-0.1, -0.05) is 6.07 Å². The molecule has 0 spiro atoms. The Hall–Kier alpha value is -2.15. The van der Waals surface area contributed by atoms with Crippen LogP contribution in [0.4, 0.5) is 0 Å². The van der Waals surface area contributed by atoms with Crippen LogP contribution in [0.3, 0.4) is 0 Å². The molecule has 0 amide bonds. The topological polar surface area (TPSA) is 68.8 Å². The third-order valence-corrected chi connectivity index (χ3v) is 3.18. The number of esters is 1. The second kappa shape index (κ2) is 7.03. The van der Waals surface area contributed by atoms with E-state index >= 15 is 0 Å². The molecule has 0 aromatic carbocycles. The molecule has 0 saturated heterocycles. The van der Waals surface area contributed by atoms with Crippen LogP contribution in [-0.2, 0) is 16.1 Å². The van der Waals surface area contributed by atoms with Gasteiger partial charge in [-0.25, -0.2) is 9.48 Å². The Morgan fingerprint density at radius 3 is 2.90 bits per heavy atom. The molecule has 0 bridgehead atoms. The van der Waals surface area contributed by atoms with Crippen LogP contribution < -0.4 is 5.69 Å². The fourth-order valence-corrected chi connectivity index (χ4v) is 2.01. The number of carbonyl (C=O) groups excluding carboxylic acids is 1. The first kappa shape index (κ1) is 15.2. The van der Waals surface area contributed by atoms with Gasteiger partial charge in [0.25, 0.3) is 0 Å². The molecule has 7 heteroatoms. The Labute approximate surface area is 122 Å². The van der Waals surface area contributed by atoms with Gasteiger partial charge < -0.3 is 9.64 Å². The van der Waals surface area contributed by atoms with Crippen LogP contribution in [-0.4, -0.2) is 51.8 Å². The smallest absolute Gasteiger partial charge is 0.350 e. The monoisotopic (exact) mass is 292 g/mol. The van der Waals surface area contributed by atoms with E-state index in [2.05, 4.69) is 5.10 Å². The molecular formula is C14H20N4O3. The van der Waals surface area contributed by atoms with Crippen molar-refractivity contribution in [3.63, 3.8) is 0 Å². The first-order valence-electron chi connectivity index (χ1n) is 7.00. The summed E-state index contributed by atoms with van der Waals surface area (Å²) < 4.78 is 7.83. The molecule has 0 saturated carbocycles. The number of hydrogen-bond acceptors (Lipinski definition) is 5. The average molecular weight is 292 g/mol. The Morgan fingerprint density at radius 2 is 2.19 bits per heavy atom. The Kier molecular flexibility index (Phi) is 5.10. The van der Waals surface area contributed by atoms with Crippen LogP contribution in [0.1, 0.15) is 13.3 Å². The summed E-state index contributed by atoms with van der Waals surface area (Å²) in [6.45, 7) is 3.92. The number of fused-ring (bicyclic) bond motifs is 1. The average Bonchev–Trinajstić information content (AvgIpc) is 2.80. The van der Waals surface area contributed by atoms with E-state index in [1.807, 2.05) is 18.0 Å². The standard InChI is InChI=1S/C14H20N4O3/c1-3-21-13(19)7-9-16(2)10-11-18-14(20)17-8-5-4-6-12(17)15-18/h4-6,8H,3,7,9-11H2,1-2H3. The molecule has 0 aliphatic rings. The zero-order chi connectivity index (χ0) is 15.2. The van der Waals surface area contributed by atoms with E-state index in [0.717, 1.165) is 0 Å². The minimum Gasteiger partial charge on any atom is -0.466 e. The first-order valence-corrected chi connectivity index (χ1v) is 7.00. The van der Waals surface area contributed by atoms with Crippen LogP contribution >= 0.6 is 0 Å². The fourth-order valence-electron chi connectivity index (χ4n) is 2.01. The van der Waals surface area contributed by atoms with E-state index in [4.69, 9.17) is 4.74 Å². The molecule has 7 nitrogen and oxygen atoms in total. The lowest BCUT2D eigenvalue weighted by atomic mass is 10.4. The van der Waals surface area contributed by atoms with Crippen molar-refractivity contribution in [2.24, 2.45) is 0 Å². The molecular weight excluding hydrogens is 272 g/mol. The normalized spacial score (nSPS) is 11.2. The molecule has 21 heavy (non-hydrogen) atoms. The van der Waals surface area contributed by atoms with E-state index < -0.39 is 0 Å². The predicted molar refractivity (Wildman–Crippen MR) is 78.2 cm³/mol. The minimum absolute atomic E-state index is 0.149. The molecule has 2 aromatic rings. The lowest BCUT2D eigenvalue weighted by Gasteiger charge is -2.15. The molecule has 0 N–H and O–H groups in total. The Morgan fingerprint density at radius 1 is 1.38 bits per heavy atom.